The number of nitrogens with one attached hydrogen (secondary N) is 1. The molecule has 1 unspecified atom stereocenters. The zero-order valence-electron chi connectivity index (χ0n) is 11.1. The Morgan fingerprint density at radius 2 is 1.90 bits per heavy atom. The van der Waals surface area contributed by atoms with Crippen molar-refractivity contribution in [3.8, 4) is 11.4 Å². The van der Waals surface area contributed by atoms with Crippen LogP contribution in [0.1, 0.15) is 25.0 Å². The van der Waals surface area contributed by atoms with E-state index >= 15 is 0 Å². The average molecular weight is 269 g/mol. The molecule has 102 valence electrons. The third-order valence-corrected chi connectivity index (χ3v) is 4.19. The van der Waals surface area contributed by atoms with Crippen molar-refractivity contribution in [3.05, 3.63) is 42.0 Å². The van der Waals surface area contributed by atoms with Crippen LogP contribution >= 0.6 is 0 Å². The number of hydrogen-bond donors (Lipinski definition) is 1. The molecule has 1 aliphatic heterocycles. The van der Waals surface area contributed by atoms with Crippen molar-refractivity contribution < 1.29 is 4.39 Å². The normalized spacial score (nSPS) is 21.1. The first-order chi connectivity index (χ1) is 9.79. The third-order valence-electron chi connectivity index (χ3n) is 4.19. The zero-order chi connectivity index (χ0) is 13.5. The van der Waals surface area contributed by atoms with Crippen molar-refractivity contribution in [1.82, 2.24) is 9.97 Å². The highest BCUT2D eigenvalue weighted by molar-refractivity contribution is 5.59. The Morgan fingerprint density at radius 3 is 2.65 bits per heavy atom. The minimum atomic E-state index is -0.236. The van der Waals surface area contributed by atoms with E-state index in [0.717, 1.165) is 35.7 Å². The maximum absolute atomic E-state index is 12.9. The second-order valence-corrected chi connectivity index (χ2v) is 5.69. The van der Waals surface area contributed by atoms with Gasteiger partial charge in [0, 0.05) is 11.6 Å². The lowest BCUT2D eigenvalue weighted by Crippen LogP contribution is -2.28. The lowest BCUT2D eigenvalue weighted by atomic mass is 9.99. The molecule has 20 heavy (non-hydrogen) atoms. The molecule has 1 fully saturated rings. The van der Waals surface area contributed by atoms with Crippen LogP contribution in [0.5, 0.6) is 0 Å². The van der Waals surface area contributed by atoms with Crippen molar-refractivity contribution in [3.63, 3.8) is 0 Å². The van der Waals surface area contributed by atoms with E-state index in [2.05, 4.69) is 15.3 Å². The Balaban J connectivity index is 1.63. The third kappa shape index (κ3) is 2.15. The Labute approximate surface area is 117 Å². The molecule has 2 aromatic rings. The first kappa shape index (κ1) is 11.8. The Bertz CT molecular complexity index is 635. The van der Waals surface area contributed by atoms with Gasteiger partial charge >= 0.3 is 0 Å². The number of benzene rings is 1. The van der Waals surface area contributed by atoms with Gasteiger partial charge in [0.2, 0.25) is 0 Å². The summed E-state index contributed by atoms with van der Waals surface area (Å²) >= 11 is 0. The van der Waals surface area contributed by atoms with Gasteiger partial charge in [-0.25, -0.2) is 14.4 Å². The highest BCUT2D eigenvalue weighted by Crippen LogP contribution is 2.38. The molecule has 0 amide bonds. The van der Waals surface area contributed by atoms with Crippen LogP contribution in [0.4, 0.5) is 10.1 Å². The smallest absolute Gasteiger partial charge is 0.159 e. The predicted molar refractivity (Wildman–Crippen MR) is 75.9 cm³/mol. The van der Waals surface area contributed by atoms with E-state index in [0.29, 0.717) is 11.9 Å². The standard InChI is InChI=1S/C16H16FN3/c17-12-5-3-11(4-6-12)16-18-9-15-14(20-16)8-7-13(19-15)10-1-2-10/h3-6,9-10,13,19H,1-2,7-8H2. The number of fused-ring (bicyclic) bond motifs is 1. The molecule has 2 heterocycles. The van der Waals surface area contributed by atoms with E-state index in [4.69, 9.17) is 0 Å². The second-order valence-electron chi connectivity index (χ2n) is 5.69. The highest BCUT2D eigenvalue weighted by atomic mass is 19.1. The number of aromatic nitrogens is 2. The molecule has 4 heteroatoms. The zero-order valence-corrected chi connectivity index (χ0v) is 11.1. The molecule has 0 saturated heterocycles. The van der Waals surface area contributed by atoms with Crippen LogP contribution in [0.15, 0.2) is 30.5 Å². The quantitative estimate of drug-likeness (QED) is 0.907. The van der Waals surface area contributed by atoms with Crippen molar-refractivity contribution in [1.29, 1.82) is 0 Å². The van der Waals surface area contributed by atoms with Gasteiger partial charge in [0.15, 0.2) is 5.82 Å². The van der Waals surface area contributed by atoms with Gasteiger partial charge in [0.25, 0.3) is 0 Å². The second kappa shape index (κ2) is 4.54. The molecule has 1 atom stereocenters. The van der Waals surface area contributed by atoms with Crippen molar-refractivity contribution in [2.75, 3.05) is 5.32 Å². The largest absolute Gasteiger partial charge is 0.379 e. The maximum Gasteiger partial charge on any atom is 0.159 e. The van der Waals surface area contributed by atoms with Gasteiger partial charge in [-0.1, -0.05) is 0 Å². The summed E-state index contributed by atoms with van der Waals surface area (Å²) in [5.41, 5.74) is 3.01. The van der Waals surface area contributed by atoms with Gasteiger partial charge in [-0.3, -0.25) is 0 Å². The minimum Gasteiger partial charge on any atom is -0.379 e. The Morgan fingerprint density at radius 1 is 1.10 bits per heavy atom. The van der Waals surface area contributed by atoms with E-state index in [1.165, 1.54) is 25.0 Å². The topological polar surface area (TPSA) is 37.8 Å². The number of anilines is 1. The van der Waals surface area contributed by atoms with E-state index < -0.39 is 0 Å². The highest BCUT2D eigenvalue weighted by Gasteiger charge is 2.33. The van der Waals surface area contributed by atoms with Crippen molar-refractivity contribution in [2.45, 2.75) is 31.7 Å². The summed E-state index contributed by atoms with van der Waals surface area (Å²) in [5, 5.41) is 3.56. The molecule has 1 aromatic carbocycles. The van der Waals surface area contributed by atoms with E-state index in [-0.39, 0.29) is 5.82 Å². The van der Waals surface area contributed by atoms with Gasteiger partial charge in [-0.2, -0.15) is 0 Å². The van der Waals surface area contributed by atoms with Gasteiger partial charge in [-0.05, 0) is 55.9 Å². The van der Waals surface area contributed by atoms with Gasteiger partial charge in [0.1, 0.15) is 5.82 Å². The fourth-order valence-corrected chi connectivity index (χ4v) is 2.88. The summed E-state index contributed by atoms with van der Waals surface area (Å²) in [6.07, 6.45) is 6.72. The summed E-state index contributed by atoms with van der Waals surface area (Å²) < 4.78 is 12.9. The van der Waals surface area contributed by atoms with Crippen LogP contribution in [-0.4, -0.2) is 16.0 Å². The van der Waals surface area contributed by atoms with E-state index in [1.807, 2.05) is 6.20 Å². The molecule has 1 saturated carbocycles. The van der Waals surface area contributed by atoms with Crippen LogP contribution in [0.3, 0.4) is 0 Å². The van der Waals surface area contributed by atoms with Gasteiger partial charge < -0.3 is 5.32 Å². The molecule has 3 nitrogen and oxygen atoms in total. The van der Waals surface area contributed by atoms with Crippen LogP contribution in [0.2, 0.25) is 0 Å². The van der Waals surface area contributed by atoms with E-state index in [1.54, 1.807) is 12.1 Å². The van der Waals surface area contributed by atoms with Crippen molar-refractivity contribution >= 4 is 5.69 Å². The molecule has 4 rings (SSSR count). The summed E-state index contributed by atoms with van der Waals surface area (Å²) in [7, 11) is 0. The van der Waals surface area contributed by atoms with E-state index in [9.17, 15) is 4.39 Å². The molecule has 0 radical (unpaired) electrons. The van der Waals surface area contributed by atoms with Gasteiger partial charge in [0.05, 0.1) is 17.6 Å². The fraction of sp³-hybridized carbons (Fsp3) is 0.375. The maximum atomic E-state index is 12.9. The van der Waals surface area contributed by atoms with Crippen LogP contribution in [0.25, 0.3) is 11.4 Å². The van der Waals surface area contributed by atoms with Crippen LogP contribution in [0, 0.1) is 11.7 Å². The van der Waals surface area contributed by atoms with Crippen molar-refractivity contribution in [2.24, 2.45) is 5.92 Å². The number of nitrogens with zero attached hydrogens (tertiary/aromatic N) is 2. The summed E-state index contributed by atoms with van der Waals surface area (Å²) in [5.74, 6) is 1.29. The Kier molecular flexibility index (Phi) is 2.69. The number of halogens is 1. The summed E-state index contributed by atoms with van der Waals surface area (Å²) in [4.78, 5) is 9.04. The monoisotopic (exact) mass is 269 g/mol. The molecular weight excluding hydrogens is 253 g/mol. The molecule has 0 bridgehead atoms. The summed E-state index contributed by atoms with van der Waals surface area (Å²) in [6.45, 7) is 0. The lowest BCUT2D eigenvalue weighted by molar-refractivity contribution is 0.562. The molecule has 1 N–H and O–H groups in total. The molecule has 1 aliphatic carbocycles. The first-order valence-corrected chi connectivity index (χ1v) is 7.18. The Hall–Kier alpha value is -1.97. The average Bonchev–Trinajstić information content (AvgIpc) is 3.32. The summed E-state index contributed by atoms with van der Waals surface area (Å²) in [6, 6.07) is 6.93. The first-order valence-electron chi connectivity index (χ1n) is 7.18. The molecule has 2 aliphatic rings. The number of aryl methyl sites for hydroxylation is 1. The van der Waals surface area contributed by atoms with Crippen LogP contribution < -0.4 is 5.32 Å². The predicted octanol–water partition coefficient (Wildman–Crippen LogP) is 3.42. The molecule has 1 aromatic heterocycles. The SMILES string of the molecule is Fc1ccc(-c2ncc3c(n2)CCC(C2CC2)N3)cc1. The van der Waals surface area contributed by atoms with Crippen LogP contribution in [-0.2, 0) is 6.42 Å². The molecule has 0 spiro atoms. The number of rotatable bonds is 2. The molecular formula is C16H16FN3. The fourth-order valence-electron chi connectivity index (χ4n) is 2.88. The minimum absolute atomic E-state index is 0.236. The number of hydrogen-bond acceptors (Lipinski definition) is 3. The lowest BCUT2D eigenvalue weighted by Gasteiger charge is -2.26. The van der Waals surface area contributed by atoms with Gasteiger partial charge in [-0.15, -0.1) is 0 Å².